The van der Waals surface area contributed by atoms with E-state index in [-0.39, 0.29) is 60.6 Å². The summed E-state index contributed by atoms with van der Waals surface area (Å²) in [6, 6.07) is 0. The van der Waals surface area contributed by atoms with Crippen molar-refractivity contribution in [3.05, 3.63) is 46.0 Å². The molecule has 0 saturated heterocycles. The zero-order valence-electron chi connectivity index (χ0n) is 15.4. The molecule has 6 N–H and O–H groups in total. The van der Waals surface area contributed by atoms with Gasteiger partial charge < -0.3 is 40.7 Å². The summed E-state index contributed by atoms with van der Waals surface area (Å²) in [7, 11) is 0. The number of carboxylic acids is 2. The number of hydrogen-bond acceptors (Lipinski definition) is 10. The zero-order valence-corrected chi connectivity index (χ0v) is 19.2. The second-order valence-electron chi connectivity index (χ2n) is 5.30. The topological polar surface area (TPSA) is 270 Å². The predicted octanol–water partition coefficient (Wildman–Crippen LogP) is -6.29. The largest absolute Gasteiger partial charge is 2.00 e. The molecule has 0 aliphatic rings. The molecule has 4 aromatic heterocycles. The van der Waals surface area contributed by atoms with Crippen LogP contribution in [0.1, 0.15) is 0 Å². The van der Waals surface area contributed by atoms with Crippen LogP contribution in [0.3, 0.4) is 0 Å². The molecule has 0 unspecified atom stereocenters. The van der Waals surface area contributed by atoms with Crippen LogP contribution in [0.4, 0.5) is 0 Å². The van der Waals surface area contributed by atoms with Gasteiger partial charge in [0.2, 0.25) is 0 Å². The summed E-state index contributed by atoms with van der Waals surface area (Å²) in [5.74, 6) is -2.68. The van der Waals surface area contributed by atoms with Gasteiger partial charge in [0.25, 0.3) is 11.1 Å². The fourth-order valence-electron chi connectivity index (χ4n) is 2.23. The molecule has 17 heteroatoms. The van der Waals surface area contributed by atoms with Gasteiger partial charge in [0, 0.05) is 0 Å². The van der Waals surface area contributed by atoms with Gasteiger partial charge in [-0.25, -0.2) is 19.9 Å². The van der Waals surface area contributed by atoms with Gasteiger partial charge in [-0.2, -0.15) is 0 Å². The van der Waals surface area contributed by atoms with Gasteiger partial charge in [-0.15, -0.1) is 0 Å². The van der Waals surface area contributed by atoms with Crippen molar-refractivity contribution in [1.82, 2.24) is 39.0 Å². The first-order chi connectivity index (χ1) is 13.4. The van der Waals surface area contributed by atoms with Crippen molar-refractivity contribution in [2.75, 3.05) is 0 Å². The SMILES string of the molecule is O.O.O=C([O-])Cn1cnc2nc[nH]c2c1=O.O=C([O-])Cn1cnc2nc[nH]c2c1=O.[Pb+2]. The number of fused-ring (bicyclic) bond motifs is 2. The Bertz CT molecular complexity index is 1190. The van der Waals surface area contributed by atoms with Gasteiger partial charge in [-0.1, -0.05) is 0 Å². The Morgan fingerprint density at radius 1 is 0.774 bits per heavy atom. The second-order valence-corrected chi connectivity index (χ2v) is 5.30. The Hall–Kier alpha value is -3.52. The molecule has 0 aliphatic carbocycles. The number of nitrogens with zero attached hydrogens (tertiary/aromatic N) is 6. The maximum atomic E-state index is 11.5. The van der Waals surface area contributed by atoms with Crippen molar-refractivity contribution < 1.29 is 30.8 Å². The van der Waals surface area contributed by atoms with Crippen molar-refractivity contribution >= 4 is 61.6 Å². The first kappa shape index (κ1) is 27.5. The fourth-order valence-corrected chi connectivity index (χ4v) is 2.23. The molecule has 4 aromatic rings. The molecular weight excluding hydrogens is 615 g/mol. The van der Waals surface area contributed by atoms with Crippen LogP contribution in [0.2, 0.25) is 0 Å². The summed E-state index contributed by atoms with van der Waals surface area (Å²) in [6.45, 7) is -1.03. The molecule has 0 atom stereocenters. The quantitative estimate of drug-likeness (QED) is 0.202. The van der Waals surface area contributed by atoms with Crippen molar-refractivity contribution in [1.29, 1.82) is 0 Å². The van der Waals surface area contributed by atoms with E-state index in [2.05, 4.69) is 29.9 Å². The van der Waals surface area contributed by atoms with E-state index in [1.54, 1.807) is 0 Å². The van der Waals surface area contributed by atoms with E-state index in [4.69, 9.17) is 0 Å². The van der Waals surface area contributed by atoms with E-state index in [1.165, 1.54) is 12.7 Å². The molecule has 0 aliphatic heterocycles. The van der Waals surface area contributed by atoms with E-state index in [0.29, 0.717) is 0 Å². The number of H-pyrrole nitrogens is 2. The summed E-state index contributed by atoms with van der Waals surface area (Å²) in [5, 5.41) is 20.5. The normalized spacial score (nSPS) is 9.55. The van der Waals surface area contributed by atoms with Gasteiger partial charge in [-0.05, 0) is 0 Å². The minimum atomic E-state index is -1.34. The van der Waals surface area contributed by atoms with Gasteiger partial charge in [0.15, 0.2) is 22.3 Å². The van der Waals surface area contributed by atoms with Crippen molar-refractivity contribution in [2.24, 2.45) is 0 Å². The van der Waals surface area contributed by atoms with Crippen LogP contribution in [0.25, 0.3) is 22.3 Å². The van der Waals surface area contributed by atoms with Crippen LogP contribution in [-0.2, 0) is 22.7 Å². The number of carbonyl (C=O) groups excluding carboxylic acids is 2. The molecule has 0 amide bonds. The summed E-state index contributed by atoms with van der Waals surface area (Å²) in [5.41, 5.74) is -0.0369. The number of aliphatic carboxylic acids is 2. The fraction of sp³-hybridized carbons (Fsp3) is 0.143. The summed E-state index contributed by atoms with van der Waals surface area (Å²) in [6.07, 6.45) is 4.90. The van der Waals surface area contributed by atoms with Gasteiger partial charge >= 0.3 is 27.3 Å². The summed E-state index contributed by atoms with van der Waals surface area (Å²) in [4.78, 5) is 63.8. The van der Waals surface area contributed by atoms with Gasteiger partial charge in [0.05, 0.1) is 37.7 Å². The molecule has 16 nitrogen and oxygen atoms in total. The van der Waals surface area contributed by atoms with Gasteiger partial charge in [-0.3, -0.25) is 18.7 Å². The molecule has 162 valence electrons. The smallest absolute Gasteiger partial charge is 0.548 e. The number of aromatic amines is 2. The monoisotopic (exact) mass is 630 g/mol. The maximum Gasteiger partial charge on any atom is 2.00 e. The standard InChI is InChI=1S/2C7H6N4O3.2H2O.Pb/c2*12-4(13)1-11-3-10-6-5(7(11)14)8-2-9-6;;;/h2*2-3H,1H2,(H,8,9)(H,12,13);2*1H2;/q;;;;+2/p-2. The zero-order chi connectivity index (χ0) is 20.3. The van der Waals surface area contributed by atoms with Crippen molar-refractivity contribution in [2.45, 2.75) is 13.1 Å². The van der Waals surface area contributed by atoms with Crippen LogP contribution in [0.15, 0.2) is 34.9 Å². The van der Waals surface area contributed by atoms with Crippen molar-refractivity contribution in [3.63, 3.8) is 0 Å². The first-order valence-corrected chi connectivity index (χ1v) is 7.53. The summed E-state index contributed by atoms with van der Waals surface area (Å²) < 4.78 is 1.88. The molecule has 0 bridgehead atoms. The number of rotatable bonds is 4. The van der Waals surface area contributed by atoms with Crippen LogP contribution in [0, 0.1) is 0 Å². The third kappa shape index (κ3) is 6.23. The number of nitrogens with one attached hydrogen (secondary N) is 2. The van der Waals surface area contributed by atoms with E-state index in [1.807, 2.05) is 0 Å². The first-order valence-electron chi connectivity index (χ1n) is 7.53. The third-order valence-electron chi connectivity index (χ3n) is 3.43. The van der Waals surface area contributed by atoms with Crippen LogP contribution < -0.4 is 21.3 Å². The Labute approximate surface area is 190 Å². The average Bonchev–Trinajstić information content (AvgIpc) is 3.29. The molecule has 0 aromatic carbocycles. The van der Waals surface area contributed by atoms with E-state index >= 15 is 0 Å². The molecule has 0 spiro atoms. The Morgan fingerprint density at radius 2 is 1.13 bits per heavy atom. The molecule has 0 saturated carbocycles. The molecule has 4 heterocycles. The van der Waals surface area contributed by atoms with Gasteiger partial charge in [0.1, 0.15) is 12.7 Å². The number of imidazole rings is 2. The number of carboxylic acid groups (broad SMARTS) is 2. The number of hydrogen-bond donors (Lipinski definition) is 2. The second kappa shape index (κ2) is 11.6. The third-order valence-corrected chi connectivity index (χ3v) is 3.43. The predicted molar refractivity (Wildman–Crippen MR) is 99.3 cm³/mol. The Kier molecular flexibility index (Phi) is 10.3. The molecular formula is C14H14N8O8Pb. The minimum absolute atomic E-state index is 0. The Balaban J connectivity index is 0.000000529. The average molecular weight is 630 g/mol. The van der Waals surface area contributed by atoms with Crippen LogP contribution >= 0.6 is 0 Å². The number of carbonyl (C=O) groups is 2. The van der Waals surface area contributed by atoms with E-state index in [9.17, 15) is 29.4 Å². The molecule has 2 radical (unpaired) electrons. The van der Waals surface area contributed by atoms with Crippen LogP contribution in [-0.4, -0.2) is 89.2 Å². The Morgan fingerprint density at radius 3 is 1.45 bits per heavy atom. The summed E-state index contributed by atoms with van der Waals surface area (Å²) >= 11 is 0. The van der Waals surface area contributed by atoms with Crippen LogP contribution in [0.5, 0.6) is 0 Å². The van der Waals surface area contributed by atoms with Crippen molar-refractivity contribution in [3.8, 4) is 0 Å². The number of aromatic nitrogens is 8. The van der Waals surface area contributed by atoms with E-state index < -0.39 is 36.1 Å². The minimum Gasteiger partial charge on any atom is -0.548 e. The maximum absolute atomic E-state index is 11.5. The molecule has 4 rings (SSSR count). The van der Waals surface area contributed by atoms with E-state index in [0.717, 1.165) is 21.8 Å². The molecule has 0 fully saturated rings. The molecule has 31 heavy (non-hydrogen) atoms.